The lowest BCUT2D eigenvalue weighted by Gasteiger charge is -2.17. The van der Waals surface area contributed by atoms with Gasteiger partial charge in [-0.1, -0.05) is 66.5 Å². The molecule has 1 atom stereocenters. The Balaban J connectivity index is 1.76. The lowest BCUT2D eigenvalue weighted by atomic mass is 10.2. The lowest BCUT2D eigenvalue weighted by molar-refractivity contribution is -0.153. The van der Waals surface area contributed by atoms with Gasteiger partial charge in [0.15, 0.2) is 0 Å². The van der Waals surface area contributed by atoms with E-state index < -0.39 is 18.0 Å². The molecule has 5 nitrogen and oxygen atoms in total. The van der Waals surface area contributed by atoms with Gasteiger partial charge >= 0.3 is 11.9 Å². The number of esters is 2. The summed E-state index contributed by atoms with van der Waals surface area (Å²) in [6.45, 7) is 0. The van der Waals surface area contributed by atoms with E-state index >= 15 is 0 Å². The molecule has 1 unspecified atom stereocenters. The Bertz CT molecular complexity index is 755. The summed E-state index contributed by atoms with van der Waals surface area (Å²) in [7, 11) is 0. The van der Waals surface area contributed by atoms with Gasteiger partial charge < -0.3 is 4.74 Å². The number of ether oxygens (including phenoxy) is 1. The second-order valence-corrected chi connectivity index (χ2v) is 6.53. The second-order valence-electron chi connectivity index (χ2n) is 4.86. The van der Waals surface area contributed by atoms with Crippen LogP contribution in [0.15, 0.2) is 47.4 Å². The van der Waals surface area contributed by atoms with Crippen LogP contribution < -0.4 is 0 Å². The van der Waals surface area contributed by atoms with Crippen molar-refractivity contribution < 1.29 is 19.1 Å². The Labute approximate surface area is 142 Å². The summed E-state index contributed by atoms with van der Waals surface area (Å²) < 4.78 is 4.74. The molecule has 0 saturated carbocycles. The number of nitrogens with zero attached hydrogens (tertiary/aromatic N) is 1. The first kappa shape index (κ1) is 15.6. The van der Waals surface area contributed by atoms with Crippen LogP contribution >= 0.6 is 24.0 Å². The zero-order chi connectivity index (χ0) is 16.4. The van der Waals surface area contributed by atoms with Gasteiger partial charge in [-0.05, 0) is 11.6 Å². The Hall–Kier alpha value is -2.25. The molecule has 0 aromatic heterocycles. The number of rotatable bonds is 3. The van der Waals surface area contributed by atoms with Crippen LogP contribution in [0.5, 0.6) is 0 Å². The highest BCUT2D eigenvalue weighted by Gasteiger charge is 2.46. The largest absolute Gasteiger partial charge is 0.392 e. The molecule has 116 valence electrons. The summed E-state index contributed by atoms with van der Waals surface area (Å²) in [5, 5.41) is 0. The molecule has 0 aliphatic carbocycles. The second kappa shape index (κ2) is 6.47. The number of benzene rings is 1. The lowest BCUT2D eigenvalue weighted by Crippen LogP contribution is -2.41. The molecular formula is C16H11NO4S2. The molecule has 1 aromatic rings. The highest BCUT2D eigenvalue weighted by atomic mass is 32.2. The van der Waals surface area contributed by atoms with E-state index in [0.29, 0.717) is 4.91 Å². The van der Waals surface area contributed by atoms with Crippen molar-refractivity contribution >= 4 is 52.2 Å². The fraction of sp³-hybridized carbons (Fsp3) is 0.125. The molecule has 3 rings (SSSR count). The molecule has 0 N–H and O–H groups in total. The van der Waals surface area contributed by atoms with Crippen LogP contribution in [0.25, 0.3) is 6.08 Å². The average molecular weight is 345 g/mol. The minimum Gasteiger partial charge on any atom is -0.392 e. The first-order chi connectivity index (χ1) is 11.1. The molecule has 2 saturated heterocycles. The Kier molecular flexibility index (Phi) is 4.40. The van der Waals surface area contributed by atoms with E-state index in [-0.39, 0.29) is 16.6 Å². The van der Waals surface area contributed by atoms with Crippen LogP contribution in [-0.2, 0) is 19.1 Å². The summed E-state index contributed by atoms with van der Waals surface area (Å²) in [5.74, 6) is -1.75. The third kappa shape index (κ3) is 3.25. The smallest absolute Gasteiger partial charge is 0.337 e. The third-order valence-electron chi connectivity index (χ3n) is 3.32. The Morgan fingerprint density at radius 3 is 2.61 bits per heavy atom. The SMILES string of the molecule is O=C1CC(N2C(=O)C(=CC=Cc3ccccc3)SC2=S)C(=O)O1. The Morgan fingerprint density at radius 2 is 1.96 bits per heavy atom. The number of hydrogen-bond donors (Lipinski definition) is 0. The number of hydrogen-bond acceptors (Lipinski definition) is 6. The van der Waals surface area contributed by atoms with Crippen molar-refractivity contribution in [3.63, 3.8) is 0 Å². The van der Waals surface area contributed by atoms with Gasteiger partial charge in [0.25, 0.3) is 5.91 Å². The highest BCUT2D eigenvalue weighted by molar-refractivity contribution is 8.26. The first-order valence-corrected chi connectivity index (χ1v) is 8.02. The van der Waals surface area contributed by atoms with E-state index in [1.165, 1.54) is 0 Å². The molecule has 0 spiro atoms. The van der Waals surface area contributed by atoms with Crippen LogP contribution in [0.4, 0.5) is 0 Å². The van der Waals surface area contributed by atoms with Crippen LogP contribution in [0.2, 0.25) is 0 Å². The first-order valence-electron chi connectivity index (χ1n) is 6.79. The van der Waals surface area contributed by atoms with Crippen molar-refractivity contribution in [1.29, 1.82) is 0 Å². The number of cyclic esters (lactones) is 2. The van der Waals surface area contributed by atoms with Crippen molar-refractivity contribution in [2.75, 3.05) is 0 Å². The average Bonchev–Trinajstić information content (AvgIpc) is 2.99. The molecule has 1 amide bonds. The molecule has 7 heteroatoms. The number of thiocarbonyl (C=S) groups is 1. The third-order valence-corrected chi connectivity index (χ3v) is 4.67. The van der Waals surface area contributed by atoms with Crippen molar-refractivity contribution in [3.8, 4) is 0 Å². The van der Waals surface area contributed by atoms with Gasteiger partial charge in [-0.15, -0.1) is 0 Å². The molecular weight excluding hydrogens is 334 g/mol. The van der Waals surface area contributed by atoms with Gasteiger partial charge in [0.05, 0.1) is 11.3 Å². The van der Waals surface area contributed by atoms with Gasteiger partial charge in [0.2, 0.25) is 0 Å². The van der Waals surface area contributed by atoms with Crippen molar-refractivity contribution in [1.82, 2.24) is 4.90 Å². The molecule has 0 radical (unpaired) electrons. The maximum atomic E-state index is 12.4. The fourth-order valence-corrected chi connectivity index (χ4v) is 3.54. The number of carbonyl (C=O) groups is 3. The number of thioether (sulfide) groups is 1. The van der Waals surface area contributed by atoms with Gasteiger partial charge in [-0.25, -0.2) is 4.79 Å². The summed E-state index contributed by atoms with van der Waals surface area (Å²) in [6.07, 6.45) is 5.10. The van der Waals surface area contributed by atoms with E-state index in [2.05, 4.69) is 4.74 Å². The van der Waals surface area contributed by atoms with Gasteiger partial charge in [-0.3, -0.25) is 14.5 Å². The van der Waals surface area contributed by atoms with Gasteiger partial charge in [0, 0.05) is 0 Å². The molecule has 2 aliphatic rings. The van der Waals surface area contributed by atoms with Gasteiger partial charge in [-0.2, -0.15) is 0 Å². The molecule has 2 heterocycles. The van der Waals surface area contributed by atoms with Crippen LogP contribution in [0.3, 0.4) is 0 Å². The zero-order valence-electron chi connectivity index (χ0n) is 11.8. The molecule has 2 fully saturated rings. The predicted molar refractivity (Wildman–Crippen MR) is 90.1 cm³/mol. The molecule has 23 heavy (non-hydrogen) atoms. The molecule has 0 bridgehead atoms. The van der Waals surface area contributed by atoms with Crippen molar-refractivity contribution in [2.24, 2.45) is 0 Å². The van der Waals surface area contributed by atoms with Crippen molar-refractivity contribution in [2.45, 2.75) is 12.5 Å². The summed E-state index contributed by atoms with van der Waals surface area (Å²) >= 11 is 6.26. The van der Waals surface area contributed by atoms with Crippen LogP contribution in [-0.4, -0.2) is 33.1 Å². The molecule has 1 aromatic carbocycles. The van der Waals surface area contributed by atoms with Crippen LogP contribution in [0, 0.1) is 0 Å². The van der Waals surface area contributed by atoms with E-state index in [4.69, 9.17) is 12.2 Å². The Morgan fingerprint density at radius 1 is 1.22 bits per heavy atom. The summed E-state index contributed by atoms with van der Waals surface area (Å²) in [4.78, 5) is 36.8. The number of carbonyl (C=O) groups excluding carboxylic acids is 3. The van der Waals surface area contributed by atoms with Crippen LogP contribution in [0.1, 0.15) is 12.0 Å². The normalized spacial score (nSPS) is 23.4. The predicted octanol–water partition coefficient (Wildman–Crippen LogP) is 2.29. The van der Waals surface area contributed by atoms with E-state index in [1.54, 1.807) is 12.2 Å². The minimum atomic E-state index is -0.945. The van der Waals surface area contributed by atoms with E-state index in [9.17, 15) is 14.4 Å². The van der Waals surface area contributed by atoms with Crippen molar-refractivity contribution in [3.05, 3.63) is 53.0 Å². The minimum absolute atomic E-state index is 0.154. The molecule has 2 aliphatic heterocycles. The zero-order valence-corrected chi connectivity index (χ0v) is 13.4. The van der Waals surface area contributed by atoms with E-state index in [1.807, 2.05) is 36.4 Å². The van der Waals surface area contributed by atoms with Gasteiger partial charge in [0.1, 0.15) is 10.4 Å². The maximum absolute atomic E-state index is 12.4. The van der Waals surface area contributed by atoms with E-state index in [0.717, 1.165) is 22.2 Å². The quantitative estimate of drug-likeness (QED) is 0.362. The topological polar surface area (TPSA) is 63.7 Å². The standard InChI is InChI=1S/C16H11NO4S2/c18-13-9-11(15(20)21-13)17-14(19)12(23-16(17)22)8-4-7-10-5-2-1-3-6-10/h1-8,11H,9H2. The highest BCUT2D eigenvalue weighted by Crippen LogP contribution is 2.34. The summed E-state index contributed by atoms with van der Waals surface area (Å²) in [6, 6.07) is 8.69. The number of amides is 1. The fourth-order valence-electron chi connectivity index (χ4n) is 2.23. The summed E-state index contributed by atoms with van der Waals surface area (Å²) in [5.41, 5.74) is 1.00. The maximum Gasteiger partial charge on any atom is 0.337 e. The number of allylic oxidation sites excluding steroid dienone is 2. The monoisotopic (exact) mass is 345 g/mol.